The number of benzene rings is 2. The first-order chi connectivity index (χ1) is 17.3. The Morgan fingerprint density at radius 2 is 1.72 bits per heavy atom. The van der Waals surface area contributed by atoms with Crippen LogP contribution in [0.2, 0.25) is 0 Å². The van der Waals surface area contributed by atoms with Gasteiger partial charge in [-0.3, -0.25) is 19.3 Å². The van der Waals surface area contributed by atoms with Crippen LogP contribution >= 0.6 is 11.8 Å². The molecular weight excluding hydrogens is 484 g/mol. The molecule has 9 nitrogen and oxygen atoms in total. The molecule has 190 valence electrons. The second-order valence-corrected chi connectivity index (χ2v) is 8.59. The van der Waals surface area contributed by atoms with Crippen molar-refractivity contribution in [2.24, 2.45) is 0 Å². The smallest absolute Gasteiger partial charge is 0.344 e. The van der Waals surface area contributed by atoms with E-state index < -0.39 is 23.0 Å². The molecule has 0 bridgehead atoms. The first kappa shape index (κ1) is 26.8. The van der Waals surface area contributed by atoms with Crippen LogP contribution < -0.4 is 14.8 Å². The van der Waals surface area contributed by atoms with E-state index in [9.17, 15) is 19.2 Å². The number of imide groups is 1. The Bertz CT molecular complexity index is 1160. The van der Waals surface area contributed by atoms with Crippen LogP contribution in [0.15, 0.2) is 47.4 Å². The van der Waals surface area contributed by atoms with Gasteiger partial charge in [-0.1, -0.05) is 25.1 Å². The predicted octanol–water partition coefficient (Wildman–Crippen LogP) is 4.26. The molecule has 1 aliphatic rings. The van der Waals surface area contributed by atoms with Crippen LogP contribution in [0.4, 0.5) is 10.5 Å². The summed E-state index contributed by atoms with van der Waals surface area (Å²) in [6, 6.07) is 12.3. The molecule has 36 heavy (non-hydrogen) atoms. The number of thioether (sulfide) groups is 1. The molecule has 2 aromatic rings. The van der Waals surface area contributed by atoms with Gasteiger partial charge in [0, 0.05) is 5.69 Å². The largest absolute Gasteiger partial charge is 0.490 e. The van der Waals surface area contributed by atoms with Gasteiger partial charge in [-0.2, -0.15) is 0 Å². The maximum absolute atomic E-state index is 12.8. The van der Waals surface area contributed by atoms with E-state index in [1.165, 1.54) is 0 Å². The van der Waals surface area contributed by atoms with Crippen LogP contribution in [-0.2, 0) is 25.5 Å². The molecule has 1 fully saturated rings. The monoisotopic (exact) mass is 512 g/mol. The fourth-order valence-electron chi connectivity index (χ4n) is 3.30. The molecule has 0 radical (unpaired) electrons. The van der Waals surface area contributed by atoms with Gasteiger partial charge in [-0.25, -0.2) is 4.79 Å². The van der Waals surface area contributed by atoms with E-state index in [0.29, 0.717) is 29.4 Å². The van der Waals surface area contributed by atoms with Crippen molar-refractivity contribution >= 4 is 46.5 Å². The average molecular weight is 513 g/mol. The zero-order valence-corrected chi connectivity index (χ0v) is 21.2. The van der Waals surface area contributed by atoms with Gasteiger partial charge in [0.2, 0.25) is 5.91 Å². The fourth-order valence-corrected chi connectivity index (χ4v) is 4.14. The number of rotatable bonds is 11. The van der Waals surface area contributed by atoms with Gasteiger partial charge < -0.3 is 19.5 Å². The van der Waals surface area contributed by atoms with E-state index in [2.05, 4.69) is 5.32 Å². The molecule has 1 aliphatic heterocycles. The second-order valence-electron chi connectivity index (χ2n) is 7.60. The average Bonchev–Trinajstić information content (AvgIpc) is 3.11. The van der Waals surface area contributed by atoms with Crippen molar-refractivity contribution in [1.82, 2.24) is 4.90 Å². The van der Waals surface area contributed by atoms with Crippen molar-refractivity contribution in [3.63, 3.8) is 0 Å². The Kier molecular flexibility index (Phi) is 9.52. The van der Waals surface area contributed by atoms with Crippen molar-refractivity contribution < 1.29 is 33.4 Å². The van der Waals surface area contributed by atoms with Gasteiger partial charge in [-0.15, -0.1) is 0 Å². The molecule has 3 rings (SSSR count). The first-order valence-electron chi connectivity index (χ1n) is 11.5. The molecule has 10 heteroatoms. The maximum Gasteiger partial charge on any atom is 0.344 e. The quantitative estimate of drug-likeness (QED) is 0.351. The summed E-state index contributed by atoms with van der Waals surface area (Å²) < 4.78 is 15.9. The van der Waals surface area contributed by atoms with Crippen molar-refractivity contribution in [2.45, 2.75) is 27.2 Å². The van der Waals surface area contributed by atoms with Crippen LogP contribution in [0.25, 0.3) is 6.08 Å². The van der Waals surface area contributed by atoms with Crippen LogP contribution in [-0.4, -0.2) is 54.3 Å². The normalized spacial score (nSPS) is 14.2. The van der Waals surface area contributed by atoms with Crippen molar-refractivity contribution in [3.8, 4) is 11.5 Å². The number of anilines is 1. The lowest BCUT2D eigenvalue weighted by Crippen LogP contribution is -2.36. The van der Waals surface area contributed by atoms with Gasteiger partial charge >= 0.3 is 5.97 Å². The number of hydrogen-bond donors (Lipinski definition) is 1. The van der Waals surface area contributed by atoms with Crippen molar-refractivity contribution in [1.29, 1.82) is 0 Å². The number of ether oxygens (including phenoxy) is 3. The van der Waals surface area contributed by atoms with Crippen LogP contribution in [0, 0.1) is 0 Å². The SMILES string of the molecule is CCOC(=O)COc1ccc(/C=C2\SC(=O)N(CC(=O)Nc3ccc(CC)cc3)C2=O)cc1OCC. The minimum Gasteiger partial charge on any atom is -0.490 e. The molecule has 3 amide bonds. The molecule has 1 saturated heterocycles. The Labute approximate surface area is 213 Å². The lowest BCUT2D eigenvalue weighted by atomic mass is 10.1. The summed E-state index contributed by atoms with van der Waals surface area (Å²) in [4.78, 5) is 50.4. The number of hydrogen-bond acceptors (Lipinski definition) is 8. The first-order valence-corrected chi connectivity index (χ1v) is 12.4. The number of aryl methyl sites for hydroxylation is 1. The number of nitrogens with zero attached hydrogens (tertiary/aromatic N) is 1. The van der Waals surface area contributed by atoms with E-state index in [1.807, 2.05) is 19.1 Å². The summed E-state index contributed by atoms with van der Waals surface area (Å²) in [5.74, 6) is -0.798. The summed E-state index contributed by atoms with van der Waals surface area (Å²) in [6.45, 7) is 5.49. The Morgan fingerprint density at radius 1 is 0.972 bits per heavy atom. The van der Waals surface area contributed by atoms with Gasteiger partial charge in [0.15, 0.2) is 18.1 Å². The molecule has 0 atom stereocenters. The Balaban J connectivity index is 1.68. The highest BCUT2D eigenvalue weighted by atomic mass is 32.2. The number of amides is 3. The van der Waals surface area contributed by atoms with Crippen LogP contribution in [0.3, 0.4) is 0 Å². The third kappa shape index (κ3) is 7.11. The fraction of sp³-hybridized carbons (Fsp3) is 0.308. The van der Waals surface area contributed by atoms with Gasteiger partial charge in [0.05, 0.1) is 18.1 Å². The minimum absolute atomic E-state index is 0.183. The van der Waals surface area contributed by atoms with Crippen molar-refractivity contribution in [2.75, 3.05) is 31.7 Å². The summed E-state index contributed by atoms with van der Waals surface area (Å²) in [5, 5.41) is 2.18. The van der Waals surface area contributed by atoms with E-state index >= 15 is 0 Å². The molecule has 0 aromatic heterocycles. The summed E-state index contributed by atoms with van der Waals surface area (Å²) >= 11 is 0.758. The van der Waals surface area contributed by atoms with Gasteiger partial charge in [0.1, 0.15) is 6.54 Å². The summed E-state index contributed by atoms with van der Waals surface area (Å²) in [5.41, 5.74) is 2.32. The zero-order chi connectivity index (χ0) is 26.1. The molecule has 0 aliphatic carbocycles. The number of carbonyl (C=O) groups is 4. The summed E-state index contributed by atoms with van der Waals surface area (Å²) in [7, 11) is 0. The number of nitrogens with one attached hydrogen (secondary N) is 1. The standard InChI is InChI=1S/C26H28N2O7S/c1-4-17-7-10-19(11-8-17)27-23(29)15-28-25(31)22(36-26(28)32)14-18-9-12-20(21(13-18)33-5-2)35-16-24(30)34-6-3/h7-14H,4-6,15-16H2,1-3H3,(H,27,29)/b22-14-. The van der Waals surface area contributed by atoms with Gasteiger partial charge in [-0.05, 0) is 73.5 Å². The van der Waals surface area contributed by atoms with Crippen LogP contribution in [0.1, 0.15) is 31.9 Å². The zero-order valence-electron chi connectivity index (χ0n) is 20.4. The molecule has 1 heterocycles. The number of esters is 1. The second kappa shape index (κ2) is 12.8. The van der Waals surface area contributed by atoms with Gasteiger partial charge in [0.25, 0.3) is 11.1 Å². The third-order valence-electron chi connectivity index (χ3n) is 5.04. The topological polar surface area (TPSA) is 111 Å². The maximum atomic E-state index is 12.8. The van der Waals surface area contributed by atoms with Crippen molar-refractivity contribution in [3.05, 3.63) is 58.5 Å². The lowest BCUT2D eigenvalue weighted by Gasteiger charge is -2.13. The third-order valence-corrected chi connectivity index (χ3v) is 5.94. The molecule has 0 unspecified atom stereocenters. The minimum atomic E-state index is -0.554. The highest BCUT2D eigenvalue weighted by Crippen LogP contribution is 2.34. The molecule has 0 saturated carbocycles. The lowest BCUT2D eigenvalue weighted by molar-refractivity contribution is -0.145. The Morgan fingerprint density at radius 3 is 2.39 bits per heavy atom. The van der Waals surface area contributed by atoms with E-state index in [-0.39, 0.29) is 24.7 Å². The number of carbonyl (C=O) groups excluding carboxylic acids is 4. The van der Waals surface area contributed by atoms with Crippen LogP contribution in [0.5, 0.6) is 11.5 Å². The molecule has 1 N–H and O–H groups in total. The van der Waals surface area contributed by atoms with E-state index in [4.69, 9.17) is 14.2 Å². The van der Waals surface area contributed by atoms with E-state index in [1.54, 1.807) is 50.3 Å². The molecule has 0 spiro atoms. The highest BCUT2D eigenvalue weighted by molar-refractivity contribution is 8.18. The molecular formula is C26H28N2O7S. The highest BCUT2D eigenvalue weighted by Gasteiger charge is 2.36. The summed E-state index contributed by atoms with van der Waals surface area (Å²) in [6.07, 6.45) is 2.43. The molecule has 2 aromatic carbocycles. The Hall–Kier alpha value is -3.79. The predicted molar refractivity (Wildman–Crippen MR) is 137 cm³/mol. The van der Waals surface area contributed by atoms with E-state index in [0.717, 1.165) is 28.6 Å².